The number of hydrogen-bond acceptors (Lipinski definition) is 2. The normalized spacial score (nSPS) is 11.9. The fourth-order valence-corrected chi connectivity index (χ4v) is 2.22. The molecule has 0 aromatic heterocycles. The highest BCUT2D eigenvalue weighted by Gasteiger charge is 2.19. The average molecular weight is 290 g/mol. The molecule has 0 radical (unpaired) electrons. The van der Waals surface area contributed by atoms with Crippen LogP contribution in [0, 0.1) is 6.92 Å². The molecule has 0 heterocycles. The number of aliphatic carboxylic acids is 1. The van der Waals surface area contributed by atoms with Gasteiger partial charge in [-0.25, -0.2) is 0 Å². The van der Waals surface area contributed by atoms with E-state index in [1.165, 1.54) is 0 Å². The minimum atomic E-state index is -0.844. The maximum atomic E-state index is 11.4. The van der Waals surface area contributed by atoms with Gasteiger partial charge in [-0.05, 0) is 30.2 Å². The highest BCUT2D eigenvalue weighted by atomic mass is 35.5. The zero-order chi connectivity index (χ0) is 14.5. The molecule has 0 amide bonds. The largest absolute Gasteiger partial charge is 0.481 e. The van der Waals surface area contributed by atoms with Crippen LogP contribution in [0.5, 0.6) is 0 Å². The van der Waals surface area contributed by atoms with Gasteiger partial charge in [0.05, 0.1) is 5.92 Å². The number of benzene rings is 2. The van der Waals surface area contributed by atoms with Gasteiger partial charge >= 0.3 is 5.97 Å². The maximum absolute atomic E-state index is 11.4. The second-order valence-electron chi connectivity index (χ2n) is 4.59. The molecule has 0 bridgehead atoms. The number of nitrogens with one attached hydrogen (secondary N) is 1. The Bertz CT molecular complexity index is 599. The van der Waals surface area contributed by atoms with E-state index in [0.29, 0.717) is 11.6 Å². The molecular weight excluding hydrogens is 274 g/mol. The molecule has 2 aromatic rings. The first-order valence-electron chi connectivity index (χ1n) is 6.36. The summed E-state index contributed by atoms with van der Waals surface area (Å²) < 4.78 is 0. The van der Waals surface area contributed by atoms with Gasteiger partial charge in [0.1, 0.15) is 0 Å². The third-order valence-electron chi connectivity index (χ3n) is 3.26. The molecular formula is C16H16ClNO2. The van der Waals surface area contributed by atoms with Crippen molar-refractivity contribution in [3.8, 4) is 0 Å². The summed E-state index contributed by atoms with van der Waals surface area (Å²) in [5.74, 6) is -1.43. The molecule has 0 saturated heterocycles. The van der Waals surface area contributed by atoms with Crippen molar-refractivity contribution in [3.05, 3.63) is 64.7 Å². The molecule has 0 aliphatic rings. The molecule has 2 rings (SSSR count). The Kier molecular flexibility index (Phi) is 4.64. The van der Waals surface area contributed by atoms with Crippen molar-refractivity contribution >= 4 is 23.3 Å². The van der Waals surface area contributed by atoms with Crippen LogP contribution in [0.4, 0.5) is 5.69 Å². The summed E-state index contributed by atoms with van der Waals surface area (Å²) in [4.78, 5) is 11.4. The third-order valence-corrected chi connectivity index (χ3v) is 3.67. The van der Waals surface area contributed by atoms with E-state index in [1.807, 2.05) is 55.5 Å². The predicted molar refractivity (Wildman–Crippen MR) is 81.5 cm³/mol. The average Bonchev–Trinajstić information content (AvgIpc) is 2.44. The lowest BCUT2D eigenvalue weighted by Crippen LogP contribution is -2.21. The minimum absolute atomic E-state index is 0.320. The Morgan fingerprint density at radius 2 is 1.90 bits per heavy atom. The summed E-state index contributed by atoms with van der Waals surface area (Å²) in [5.41, 5.74) is 2.57. The third kappa shape index (κ3) is 3.31. The van der Waals surface area contributed by atoms with Crippen LogP contribution in [-0.4, -0.2) is 17.6 Å². The Balaban J connectivity index is 2.14. The molecule has 0 saturated carbocycles. The van der Waals surface area contributed by atoms with Crippen molar-refractivity contribution in [2.75, 3.05) is 11.9 Å². The lowest BCUT2D eigenvalue weighted by Gasteiger charge is -2.16. The SMILES string of the molecule is Cc1c(Cl)cccc1NCC(C(=O)O)c1ccccc1. The minimum Gasteiger partial charge on any atom is -0.481 e. The first-order valence-corrected chi connectivity index (χ1v) is 6.74. The lowest BCUT2D eigenvalue weighted by atomic mass is 9.99. The summed E-state index contributed by atoms with van der Waals surface area (Å²) in [6.07, 6.45) is 0. The Morgan fingerprint density at radius 3 is 2.55 bits per heavy atom. The monoisotopic (exact) mass is 289 g/mol. The highest BCUT2D eigenvalue weighted by molar-refractivity contribution is 6.31. The number of anilines is 1. The number of carbonyl (C=O) groups is 1. The van der Waals surface area contributed by atoms with Crippen LogP contribution in [0.15, 0.2) is 48.5 Å². The highest BCUT2D eigenvalue weighted by Crippen LogP contribution is 2.24. The van der Waals surface area contributed by atoms with Gasteiger partial charge in [-0.1, -0.05) is 48.0 Å². The van der Waals surface area contributed by atoms with Crippen molar-refractivity contribution in [1.29, 1.82) is 0 Å². The molecule has 2 aromatic carbocycles. The van der Waals surface area contributed by atoms with E-state index >= 15 is 0 Å². The summed E-state index contributed by atoms with van der Waals surface area (Å²) in [6, 6.07) is 14.8. The van der Waals surface area contributed by atoms with Crippen LogP contribution >= 0.6 is 11.6 Å². The summed E-state index contributed by atoms with van der Waals surface area (Å²) in [7, 11) is 0. The van der Waals surface area contributed by atoms with Crippen molar-refractivity contribution in [3.63, 3.8) is 0 Å². The Labute approximate surface area is 123 Å². The van der Waals surface area contributed by atoms with Gasteiger partial charge in [0.15, 0.2) is 0 Å². The van der Waals surface area contributed by atoms with Gasteiger partial charge in [-0.3, -0.25) is 4.79 Å². The van der Waals surface area contributed by atoms with Gasteiger partial charge in [-0.2, -0.15) is 0 Å². The molecule has 3 nitrogen and oxygen atoms in total. The second-order valence-corrected chi connectivity index (χ2v) is 5.00. The van der Waals surface area contributed by atoms with Crippen molar-refractivity contribution in [1.82, 2.24) is 0 Å². The second kappa shape index (κ2) is 6.44. The van der Waals surface area contributed by atoms with Crippen LogP contribution in [0.25, 0.3) is 0 Å². The molecule has 104 valence electrons. The number of rotatable bonds is 5. The van der Waals surface area contributed by atoms with Gasteiger partial charge in [0.2, 0.25) is 0 Å². The molecule has 4 heteroatoms. The van der Waals surface area contributed by atoms with Crippen LogP contribution in [0.2, 0.25) is 5.02 Å². The molecule has 1 unspecified atom stereocenters. The number of hydrogen-bond donors (Lipinski definition) is 2. The number of carboxylic acids is 1. The van der Waals surface area contributed by atoms with E-state index in [9.17, 15) is 9.90 Å². The zero-order valence-corrected chi connectivity index (χ0v) is 11.9. The predicted octanol–water partition coefficient (Wildman–Crippen LogP) is 3.93. The van der Waals surface area contributed by atoms with Gasteiger partial charge < -0.3 is 10.4 Å². The van der Waals surface area contributed by atoms with Crippen LogP contribution in [0.3, 0.4) is 0 Å². The molecule has 20 heavy (non-hydrogen) atoms. The lowest BCUT2D eigenvalue weighted by molar-refractivity contribution is -0.138. The van der Waals surface area contributed by atoms with Crippen molar-refractivity contribution < 1.29 is 9.90 Å². The fraction of sp³-hybridized carbons (Fsp3) is 0.188. The Hall–Kier alpha value is -2.00. The van der Waals surface area contributed by atoms with Crippen LogP contribution in [-0.2, 0) is 4.79 Å². The van der Waals surface area contributed by atoms with Crippen LogP contribution < -0.4 is 5.32 Å². The number of halogens is 1. The van der Waals surface area contributed by atoms with E-state index < -0.39 is 11.9 Å². The first kappa shape index (κ1) is 14.4. The van der Waals surface area contributed by atoms with Crippen molar-refractivity contribution in [2.45, 2.75) is 12.8 Å². The molecule has 0 fully saturated rings. The molecule has 2 N–H and O–H groups in total. The van der Waals surface area contributed by atoms with Crippen molar-refractivity contribution in [2.24, 2.45) is 0 Å². The van der Waals surface area contributed by atoms with Gasteiger partial charge in [0, 0.05) is 17.3 Å². The zero-order valence-electron chi connectivity index (χ0n) is 11.1. The number of carboxylic acid groups (broad SMARTS) is 1. The quantitative estimate of drug-likeness (QED) is 0.877. The molecule has 0 aliphatic heterocycles. The molecule has 0 spiro atoms. The maximum Gasteiger partial charge on any atom is 0.312 e. The summed E-state index contributed by atoms with van der Waals surface area (Å²) >= 11 is 6.05. The Morgan fingerprint density at radius 1 is 1.20 bits per heavy atom. The van der Waals surface area contributed by atoms with Crippen LogP contribution in [0.1, 0.15) is 17.0 Å². The summed E-state index contributed by atoms with van der Waals surface area (Å²) in [5, 5.41) is 13.2. The topological polar surface area (TPSA) is 49.3 Å². The summed E-state index contributed by atoms with van der Waals surface area (Å²) in [6.45, 7) is 2.23. The van der Waals surface area contributed by atoms with Gasteiger partial charge in [-0.15, -0.1) is 0 Å². The molecule has 1 atom stereocenters. The smallest absolute Gasteiger partial charge is 0.312 e. The standard InChI is InChI=1S/C16H16ClNO2/c1-11-14(17)8-5-9-15(11)18-10-13(16(19)20)12-6-3-2-4-7-12/h2-9,13,18H,10H2,1H3,(H,19,20). The van der Waals surface area contributed by atoms with E-state index in [1.54, 1.807) is 0 Å². The van der Waals surface area contributed by atoms with E-state index in [0.717, 1.165) is 16.8 Å². The fourth-order valence-electron chi connectivity index (χ4n) is 2.04. The van der Waals surface area contributed by atoms with E-state index in [-0.39, 0.29) is 0 Å². The molecule has 0 aliphatic carbocycles. The van der Waals surface area contributed by atoms with E-state index in [2.05, 4.69) is 5.32 Å². The van der Waals surface area contributed by atoms with E-state index in [4.69, 9.17) is 11.6 Å². The van der Waals surface area contributed by atoms with Gasteiger partial charge in [0.25, 0.3) is 0 Å². The first-order chi connectivity index (χ1) is 9.59.